The Morgan fingerprint density at radius 1 is 1.21 bits per heavy atom. The van der Waals surface area contributed by atoms with Crippen molar-refractivity contribution in [3.63, 3.8) is 0 Å². The maximum atomic E-state index is 13.0. The number of ketones is 1. The average molecular weight is 416 g/mol. The number of Topliss-reactive ketones (excluding diaryl/α,β-unsaturated/α-hetero) is 1. The zero-order valence-corrected chi connectivity index (χ0v) is 17.2. The minimum absolute atomic E-state index is 0. The highest BCUT2D eigenvalue weighted by atomic mass is 35.5. The number of likely N-dealkylation sites (tertiary alicyclic amines) is 1. The number of nitrogens with one attached hydrogen (secondary N) is 1. The summed E-state index contributed by atoms with van der Waals surface area (Å²) in [5.41, 5.74) is 9.04. The van der Waals surface area contributed by atoms with Gasteiger partial charge in [-0.15, -0.1) is 12.4 Å². The molecule has 1 amide bonds. The van der Waals surface area contributed by atoms with Crippen LogP contribution >= 0.6 is 12.4 Å². The van der Waals surface area contributed by atoms with Crippen molar-refractivity contribution in [2.75, 3.05) is 24.1 Å². The molecule has 0 aromatic heterocycles. The van der Waals surface area contributed by atoms with Crippen molar-refractivity contribution in [2.24, 2.45) is 5.92 Å². The molecule has 1 saturated heterocycles. The van der Waals surface area contributed by atoms with Crippen LogP contribution in [0.1, 0.15) is 35.7 Å². The number of nitrogens with two attached hydrogens (primary N) is 1. The average Bonchev–Trinajstić information content (AvgIpc) is 2.69. The van der Waals surface area contributed by atoms with Gasteiger partial charge in [0.25, 0.3) is 5.91 Å². The lowest BCUT2D eigenvalue weighted by Crippen LogP contribution is -2.36. The topological polar surface area (TPSA) is 84.7 Å². The number of fused-ring (bicyclic) bond motifs is 1. The molecule has 4 rings (SSSR count). The summed E-state index contributed by atoms with van der Waals surface area (Å²) < 4.78 is 5.56. The van der Waals surface area contributed by atoms with Gasteiger partial charge in [-0.3, -0.25) is 14.5 Å². The van der Waals surface area contributed by atoms with E-state index in [1.807, 2.05) is 18.2 Å². The van der Waals surface area contributed by atoms with Gasteiger partial charge in [0.15, 0.2) is 11.9 Å². The molecule has 2 aromatic rings. The van der Waals surface area contributed by atoms with Crippen molar-refractivity contribution in [3.8, 4) is 5.75 Å². The molecule has 2 heterocycles. The lowest BCUT2D eigenvalue weighted by atomic mass is 9.88. The molecule has 29 heavy (non-hydrogen) atoms. The number of carbonyl (C=O) groups is 2. The van der Waals surface area contributed by atoms with Crippen LogP contribution in [0.5, 0.6) is 5.75 Å². The molecule has 1 atom stereocenters. The Hall–Kier alpha value is -2.57. The number of amides is 1. The van der Waals surface area contributed by atoms with Crippen molar-refractivity contribution in [1.29, 1.82) is 0 Å². The van der Waals surface area contributed by atoms with Crippen LogP contribution in [0, 0.1) is 5.92 Å². The zero-order chi connectivity index (χ0) is 19.7. The van der Waals surface area contributed by atoms with Crippen LogP contribution in [0.25, 0.3) is 0 Å². The van der Waals surface area contributed by atoms with Crippen LogP contribution in [0.3, 0.4) is 0 Å². The number of hydrogen-bond donors (Lipinski definition) is 2. The zero-order valence-electron chi connectivity index (χ0n) is 16.4. The highest BCUT2D eigenvalue weighted by molar-refractivity contribution is 6.02. The molecule has 6 nitrogen and oxygen atoms in total. The highest BCUT2D eigenvalue weighted by Gasteiger charge is 2.28. The molecular formula is C22H26ClN3O3. The molecular weight excluding hydrogens is 390 g/mol. The van der Waals surface area contributed by atoms with Crippen molar-refractivity contribution in [3.05, 3.63) is 53.6 Å². The number of nitrogens with zero attached hydrogens (tertiary/aromatic N) is 1. The molecule has 1 fully saturated rings. The molecule has 1 unspecified atom stereocenters. The normalized spacial score (nSPS) is 19.5. The van der Waals surface area contributed by atoms with E-state index in [0.29, 0.717) is 17.0 Å². The van der Waals surface area contributed by atoms with E-state index in [1.54, 1.807) is 25.1 Å². The molecule has 7 heteroatoms. The molecule has 2 aliphatic heterocycles. The summed E-state index contributed by atoms with van der Waals surface area (Å²) in [5, 5.41) is 2.81. The maximum Gasteiger partial charge on any atom is 0.265 e. The molecule has 0 bridgehead atoms. The Morgan fingerprint density at radius 2 is 1.97 bits per heavy atom. The summed E-state index contributed by atoms with van der Waals surface area (Å²) in [6.45, 7) is 4.32. The third kappa shape index (κ3) is 4.71. The second kappa shape index (κ2) is 8.84. The van der Waals surface area contributed by atoms with Gasteiger partial charge in [0.05, 0.1) is 5.69 Å². The fourth-order valence-corrected chi connectivity index (χ4v) is 3.90. The summed E-state index contributed by atoms with van der Waals surface area (Å²) >= 11 is 0. The molecule has 3 N–H and O–H groups in total. The van der Waals surface area contributed by atoms with Crippen LogP contribution in [0.4, 0.5) is 11.4 Å². The second-order valence-corrected chi connectivity index (χ2v) is 7.62. The third-order valence-corrected chi connectivity index (χ3v) is 5.51. The first-order chi connectivity index (χ1) is 13.5. The Morgan fingerprint density at radius 3 is 2.69 bits per heavy atom. The standard InChI is InChI=1S/C22H25N3O3.ClH/c1-14-22(27)24-19-12-17(5-6-20(19)28-14)21(26)16-7-9-25(10-8-16)13-15-3-2-4-18(23)11-15;/h2-6,11-12,14,16H,7-10,13,23H2,1H3,(H,24,27);1H. The van der Waals surface area contributed by atoms with E-state index in [1.165, 1.54) is 5.56 Å². The first-order valence-corrected chi connectivity index (χ1v) is 9.72. The second-order valence-electron chi connectivity index (χ2n) is 7.62. The number of anilines is 2. The van der Waals surface area contributed by atoms with Crippen molar-refractivity contribution >= 4 is 35.5 Å². The van der Waals surface area contributed by atoms with Gasteiger partial charge < -0.3 is 15.8 Å². The fourth-order valence-electron chi connectivity index (χ4n) is 3.90. The summed E-state index contributed by atoms with van der Waals surface area (Å²) in [5.74, 6) is 0.570. The number of piperidine rings is 1. The molecule has 0 spiro atoms. The van der Waals surface area contributed by atoms with Crippen molar-refractivity contribution in [1.82, 2.24) is 4.90 Å². The number of hydrogen-bond acceptors (Lipinski definition) is 5. The SMILES string of the molecule is CC1Oc2ccc(C(=O)C3CCN(Cc4cccc(N)c4)CC3)cc2NC1=O.Cl. The minimum Gasteiger partial charge on any atom is -0.479 e. The summed E-state index contributed by atoms with van der Waals surface area (Å²) in [4.78, 5) is 27.1. The first kappa shape index (κ1) is 21.1. The van der Waals surface area contributed by atoms with E-state index in [9.17, 15) is 9.59 Å². The van der Waals surface area contributed by atoms with Crippen molar-refractivity contribution < 1.29 is 14.3 Å². The Kier molecular flexibility index (Phi) is 6.45. The number of nitrogen functional groups attached to an aromatic ring is 1. The van der Waals surface area contributed by atoms with E-state index in [4.69, 9.17) is 10.5 Å². The monoisotopic (exact) mass is 415 g/mol. The molecule has 0 aliphatic carbocycles. The quantitative estimate of drug-likeness (QED) is 0.589. The van der Waals surface area contributed by atoms with Crippen LogP contribution in [-0.2, 0) is 11.3 Å². The van der Waals surface area contributed by atoms with Crippen LogP contribution in [0.15, 0.2) is 42.5 Å². The van der Waals surface area contributed by atoms with Crippen LogP contribution in [0.2, 0.25) is 0 Å². The van der Waals surface area contributed by atoms with Gasteiger partial charge in [-0.25, -0.2) is 0 Å². The molecule has 0 saturated carbocycles. The van der Waals surface area contributed by atoms with E-state index >= 15 is 0 Å². The number of carbonyl (C=O) groups excluding carboxylic acids is 2. The van der Waals surface area contributed by atoms with Gasteiger partial charge >= 0.3 is 0 Å². The number of ether oxygens (including phenoxy) is 1. The minimum atomic E-state index is -0.515. The van der Waals surface area contributed by atoms with Gasteiger partial charge in [0.1, 0.15) is 5.75 Å². The van der Waals surface area contributed by atoms with Gasteiger partial charge in [-0.1, -0.05) is 12.1 Å². The predicted octanol–water partition coefficient (Wildman–Crippen LogP) is 3.50. The van der Waals surface area contributed by atoms with E-state index in [0.717, 1.165) is 38.2 Å². The molecule has 2 aromatic carbocycles. The summed E-state index contributed by atoms with van der Waals surface area (Å²) in [6.07, 6.45) is 1.15. The van der Waals surface area contributed by atoms with Crippen LogP contribution in [-0.4, -0.2) is 35.8 Å². The highest BCUT2D eigenvalue weighted by Crippen LogP contribution is 2.32. The Bertz CT molecular complexity index is 910. The smallest absolute Gasteiger partial charge is 0.265 e. The lowest BCUT2D eigenvalue weighted by molar-refractivity contribution is -0.122. The maximum absolute atomic E-state index is 13.0. The fraction of sp³-hybridized carbons (Fsp3) is 0.364. The number of halogens is 1. The van der Waals surface area contributed by atoms with E-state index in [-0.39, 0.29) is 30.0 Å². The molecule has 0 radical (unpaired) electrons. The largest absolute Gasteiger partial charge is 0.479 e. The number of benzene rings is 2. The van der Waals surface area contributed by atoms with Crippen LogP contribution < -0.4 is 15.8 Å². The van der Waals surface area contributed by atoms with Gasteiger partial charge in [-0.2, -0.15) is 0 Å². The van der Waals surface area contributed by atoms with Crippen molar-refractivity contribution in [2.45, 2.75) is 32.4 Å². The van der Waals surface area contributed by atoms with E-state index < -0.39 is 6.10 Å². The summed E-state index contributed by atoms with van der Waals surface area (Å²) in [6, 6.07) is 13.2. The lowest BCUT2D eigenvalue weighted by Gasteiger charge is -2.31. The Balaban J connectivity index is 0.00000240. The van der Waals surface area contributed by atoms with E-state index in [2.05, 4.69) is 16.3 Å². The number of rotatable bonds is 4. The van der Waals surface area contributed by atoms with Gasteiger partial charge in [-0.05, 0) is 68.8 Å². The predicted molar refractivity (Wildman–Crippen MR) is 116 cm³/mol. The molecule has 2 aliphatic rings. The molecule has 154 valence electrons. The van der Waals surface area contributed by atoms with Gasteiger partial charge in [0, 0.05) is 23.7 Å². The van der Waals surface area contributed by atoms with Gasteiger partial charge in [0.2, 0.25) is 0 Å². The Labute approximate surface area is 176 Å². The summed E-state index contributed by atoms with van der Waals surface area (Å²) in [7, 11) is 0. The first-order valence-electron chi connectivity index (χ1n) is 9.72. The third-order valence-electron chi connectivity index (χ3n) is 5.51.